The van der Waals surface area contributed by atoms with Crippen molar-refractivity contribution in [1.82, 2.24) is 9.97 Å². The molecule has 0 aliphatic heterocycles. The molecule has 4 aromatic rings. The molecule has 0 amide bonds. The maximum atomic E-state index is 12.0. The highest BCUT2D eigenvalue weighted by Gasteiger charge is 2.25. The lowest BCUT2D eigenvalue weighted by Crippen LogP contribution is -2.07. The minimum atomic E-state index is -0.621. The van der Waals surface area contributed by atoms with Crippen LogP contribution in [0.15, 0.2) is 67.0 Å². The van der Waals surface area contributed by atoms with Crippen LogP contribution in [0.4, 0.5) is 28.7 Å². The summed E-state index contributed by atoms with van der Waals surface area (Å²) in [6.07, 6.45) is 1.21. The Bertz CT molecular complexity index is 1490. The van der Waals surface area contributed by atoms with E-state index < -0.39 is 10.8 Å². The van der Waals surface area contributed by atoms with Crippen LogP contribution in [0.3, 0.4) is 0 Å². The molecule has 3 aromatic carbocycles. The van der Waals surface area contributed by atoms with E-state index in [0.717, 1.165) is 5.56 Å². The standard InChI is InChI=1S/C25H17Cl3N6O2/c1-14-9-19(20(12-29)15-5-7-16(26)8-6-15)21(28)11-22(14)33-25-23(34(35)36)24(30-13-31-25)32-18-4-2-3-17(27)10-18/h2-11,13,20H,1H3,(H2,30,31,32,33). The first-order chi connectivity index (χ1) is 17.3. The van der Waals surface area contributed by atoms with Crippen molar-refractivity contribution in [3.63, 3.8) is 0 Å². The lowest BCUT2D eigenvalue weighted by Gasteiger charge is -2.17. The van der Waals surface area contributed by atoms with Gasteiger partial charge in [-0.1, -0.05) is 59.1 Å². The Hall–Kier alpha value is -3.90. The SMILES string of the molecule is Cc1cc(C(C#N)c2ccc(Cl)cc2)c(Cl)cc1Nc1ncnc(Nc2cccc(Cl)c2)c1[N+](=O)[O-]. The van der Waals surface area contributed by atoms with Crippen molar-refractivity contribution in [3.05, 3.63) is 109 Å². The van der Waals surface area contributed by atoms with Crippen LogP contribution in [-0.4, -0.2) is 14.9 Å². The average molecular weight is 540 g/mol. The Kier molecular flexibility index (Phi) is 7.55. The van der Waals surface area contributed by atoms with Crippen molar-refractivity contribution in [3.8, 4) is 6.07 Å². The summed E-state index contributed by atoms with van der Waals surface area (Å²) in [6.45, 7) is 1.80. The summed E-state index contributed by atoms with van der Waals surface area (Å²) in [5.74, 6) is -0.655. The summed E-state index contributed by atoms with van der Waals surface area (Å²) in [5, 5.41) is 29.0. The number of halogens is 3. The Morgan fingerprint density at radius 2 is 1.67 bits per heavy atom. The van der Waals surface area contributed by atoms with Gasteiger partial charge in [-0.05, 0) is 60.0 Å². The molecule has 2 N–H and O–H groups in total. The van der Waals surface area contributed by atoms with E-state index in [1.807, 2.05) is 0 Å². The molecular weight excluding hydrogens is 523 g/mol. The van der Waals surface area contributed by atoms with Crippen LogP contribution in [0.5, 0.6) is 0 Å². The third kappa shape index (κ3) is 5.50. The van der Waals surface area contributed by atoms with E-state index in [1.54, 1.807) is 67.6 Å². The van der Waals surface area contributed by atoms with E-state index in [4.69, 9.17) is 34.8 Å². The Morgan fingerprint density at radius 3 is 2.31 bits per heavy atom. The molecular formula is C25H17Cl3N6O2. The zero-order valence-electron chi connectivity index (χ0n) is 18.7. The molecule has 0 aliphatic carbocycles. The fraction of sp³-hybridized carbons (Fsp3) is 0.0800. The smallest absolute Gasteiger partial charge is 0.334 e. The third-order valence-electron chi connectivity index (χ3n) is 5.33. The minimum Gasteiger partial charge on any atom is -0.334 e. The summed E-state index contributed by atoms with van der Waals surface area (Å²) in [4.78, 5) is 19.5. The molecule has 8 nitrogen and oxygen atoms in total. The van der Waals surface area contributed by atoms with Crippen molar-refractivity contribution in [2.24, 2.45) is 0 Å². The molecule has 0 radical (unpaired) electrons. The van der Waals surface area contributed by atoms with Crippen LogP contribution in [0.1, 0.15) is 22.6 Å². The molecule has 4 rings (SSSR count). The fourth-order valence-electron chi connectivity index (χ4n) is 3.60. The number of anilines is 4. The van der Waals surface area contributed by atoms with Gasteiger partial charge in [-0.3, -0.25) is 10.1 Å². The first kappa shape index (κ1) is 25.2. The van der Waals surface area contributed by atoms with Crippen LogP contribution < -0.4 is 10.6 Å². The van der Waals surface area contributed by atoms with E-state index in [0.29, 0.717) is 37.6 Å². The van der Waals surface area contributed by atoms with Crippen molar-refractivity contribution < 1.29 is 4.92 Å². The zero-order valence-corrected chi connectivity index (χ0v) is 20.9. The van der Waals surface area contributed by atoms with Gasteiger partial charge in [-0.25, -0.2) is 9.97 Å². The highest BCUT2D eigenvalue weighted by molar-refractivity contribution is 6.32. The molecule has 1 heterocycles. The molecule has 0 spiro atoms. The Labute approximate surface area is 221 Å². The van der Waals surface area contributed by atoms with Gasteiger partial charge in [0.05, 0.1) is 16.9 Å². The molecule has 180 valence electrons. The van der Waals surface area contributed by atoms with E-state index in [-0.39, 0.29) is 17.3 Å². The predicted octanol–water partition coefficient (Wildman–Crippen LogP) is 7.80. The molecule has 1 atom stereocenters. The van der Waals surface area contributed by atoms with Gasteiger partial charge in [0.1, 0.15) is 6.33 Å². The van der Waals surface area contributed by atoms with Crippen LogP contribution in [0.25, 0.3) is 0 Å². The first-order valence-corrected chi connectivity index (χ1v) is 11.6. The van der Waals surface area contributed by atoms with Gasteiger partial charge < -0.3 is 10.6 Å². The number of nitriles is 1. The molecule has 0 saturated heterocycles. The van der Waals surface area contributed by atoms with Gasteiger partial charge in [-0.15, -0.1) is 0 Å². The highest BCUT2D eigenvalue weighted by atomic mass is 35.5. The number of nitro groups is 1. The average Bonchev–Trinajstić information content (AvgIpc) is 2.83. The number of hydrogen-bond donors (Lipinski definition) is 2. The first-order valence-electron chi connectivity index (χ1n) is 10.5. The van der Waals surface area contributed by atoms with Crippen molar-refractivity contribution in [2.45, 2.75) is 12.8 Å². The lowest BCUT2D eigenvalue weighted by molar-refractivity contribution is -0.383. The number of hydrogen-bond acceptors (Lipinski definition) is 7. The summed E-state index contributed by atoms with van der Waals surface area (Å²) < 4.78 is 0. The van der Waals surface area contributed by atoms with Gasteiger partial charge in [0.2, 0.25) is 11.6 Å². The van der Waals surface area contributed by atoms with Crippen LogP contribution in [0, 0.1) is 28.4 Å². The summed E-state index contributed by atoms with van der Waals surface area (Å²) in [7, 11) is 0. The summed E-state index contributed by atoms with van der Waals surface area (Å²) in [6, 6.07) is 19.3. The van der Waals surface area contributed by atoms with E-state index >= 15 is 0 Å². The van der Waals surface area contributed by atoms with E-state index in [9.17, 15) is 15.4 Å². The summed E-state index contributed by atoms with van der Waals surface area (Å²) >= 11 is 18.6. The number of nitrogens with one attached hydrogen (secondary N) is 2. The van der Waals surface area contributed by atoms with Gasteiger partial charge in [0.15, 0.2) is 0 Å². The van der Waals surface area contributed by atoms with Crippen molar-refractivity contribution in [1.29, 1.82) is 5.26 Å². The van der Waals surface area contributed by atoms with Crippen molar-refractivity contribution in [2.75, 3.05) is 10.6 Å². The second kappa shape index (κ2) is 10.8. The number of aromatic nitrogens is 2. The second-order valence-electron chi connectivity index (χ2n) is 7.74. The van der Waals surface area contributed by atoms with Gasteiger partial charge in [-0.2, -0.15) is 5.26 Å². The molecule has 0 aliphatic rings. The van der Waals surface area contributed by atoms with Crippen LogP contribution in [-0.2, 0) is 0 Å². The topological polar surface area (TPSA) is 117 Å². The Morgan fingerprint density at radius 1 is 0.972 bits per heavy atom. The Balaban J connectivity index is 1.69. The van der Waals surface area contributed by atoms with Gasteiger partial charge in [0.25, 0.3) is 0 Å². The number of rotatable bonds is 7. The van der Waals surface area contributed by atoms with Crippen LogP contribution in [0.2, 0.25) is 15.1 Å². The monoisotopic (exact) mass is 538 g/mol. The molecule has 36 heavy (non-hydrogen) atoms. The number of benzene rings is 3. The summed E-state index contributed by atoms with van der Waals surface area (Å²) in [5.41, 5.74) is 2.72. The van der Waals surface area contributed by atoms with Crippen LogP contribution >= 0.6 is 34.8 Å². The molecule has 0 fully saturated rings. The maximum Gasteiger partial charge on any atom is 0.353 e. The lowest BCUT2D eigenvalue weighted by atomic mass is 9.91. The molecule has 0 saturated carbocycles. The predicted molar refractivity (Wildman–Crippen MR) is 142 cm³/mol. The number of aryl methyl sites for hydroxylation is 1. The molecule has 0 bridgehead atoms. The van der Waals surface area contributed by atoms with Crippen molar-refractivity contribution >= 4 is 63.5 Å². The van der Waals surface area contributed by atoms with E-state index in [1.165, 1.54) is 6.33 Å². The maximum absolute atomic E-state index is 12.0. The normalized spacial score (nSPS) is 11.4. The largest absolute Gasteiger partial charge is 0.353 e. The zero-order chi connectivity index (χ0) is 25.8. The van der Waals surface area contributed by atoms with E-state index in [2.05, 4.69) is 26.7 Å². The fourth-order valence-corrected chi connectivity index (χ4v) is 4.19. The van der Waals surface area contributed by atoms with Gasteiger partial charge >= 0.3 is 5.69 Å². The molecule has 1 unspecified atom stereocenters. The second-order valence-corrected chi connectivity index (χ2v) is 9.02. The number of nitrogens with zero attached hydrogens (tertiary/aromatic N) is 4. The molecule has 1 aromatic heterocycles. The quantitative estimate of drug-likeness (QED) is 0.182. The highest BCUT2D eigenvalue weighted by Crippen LogP contribution is 2.38. The van der Waals surface area contributed by atoms with Gasteiger partial charge in [0, 0.05) is 26.4 Å². The third-order valence-corrected chi connectivity index (χ3v) is 6.15. The molecule has 11 heteroatoms. The minimum absolute atomic E-state index is 0.00702.